The van der Waals surface area contributed by atoms with Crippen molar-refractivity contribution in [3.63, 3.8) is 0 Å². The van der Waals surface area contributed by atoms with Crippen molar-refractivity contribution in [1.82, 2.24) is 15.0 Å². The Kier molecular flexibility index (Phi) is 3.60. The molecule has 0 amide bonds. The molecule has 2 aromatic carbocycles. The summed E-state index contributed by atoms with van der Waals surface area (Å²) in [7, 11) is 0. The molecule has 0 saturated carbocycles. The van der Waals surface area contributed by atoms with Crippen LogP contribution in [0.15, 0.2) is 66.9 Å². The topological polar surface area (TPSA) is 73.0 Å². The van der Waals surface area contributed by atoms with E-state index in [4.69, 9.17) is 14.9 Å². The summed E-state index contributed by atoms with van der Waals surface area (Å²) in [5.41, 5.74) is 0. The Balaban J connectivity index is 1.68. The van der Waals surface area contributed by atoms with Gasteiger partial charge in [-0.3, -0.25) is 0 Å². The highest BCUT2D eigenvalue weighted by Crippen LogP contribution is 2.17. The van der Waals surface area contributed by atoms with Crippen LogP contribution in [-0.4, -0.2) is 21.0 Å². The van der Waals surface area contributed by atoms with Crippen molar-refractivity contribution >= 4 is 6.02 Å². The van der Waals surface area contributed by atoms with Gasteiger partial charge < -0.3 is 9.47 Å². The predicted molar refractivity (Wildman–Crippen MR) is 76.7 cm³/mol. The fraction of sp³-hybridized carbons (Fsp3) is 0. The first-order valence-electron chi connectivity index (χ1n) is 6.28. The van der Waals surface area contributed by atoms with Crippen molar-refractivity contribution in [2.24, 2.45) is 0 Å². The zero-order valence-corrected chi connectivity index (χ0v) is 11.0. The molecule has 6 nitrogen and oxygen atoms in total. The number of rotatable bonds is 3. The van der Waals surface area contributed by atoms with Gasteiger partial charge in [0.25, 0.3) is 5.88 Å². The van der Waals surface area contributed by atoms with Gasteiger partial charge in [0.1, 0.15) is 17.7 Å². The van der Waals surface area contributed by atoms with Crippen molar-refractivity contribution in [3.05, 3.63) is 66.9 Å². The monoisotopic (exact) mass is 280 g/mol. The van der Waals surface area contributed by atoms with E-state index in [0.717, 1.165) is 0 Å². The summed E-state index contributed by atoms with van der Waals surface area (Å²) in [5, 5.41) is 15.5. The average molecular weight is 280 g/mol. The normalized spacial score (nSPS) is 10.1. The Morgan fingerprint density at radius 3 is 2.19 bits per heavy atom. The number of aromatic nitrogens is 3. The molecule has 104 valence electrons. The van der Waals surface area contributed by atoms with Crippen molar-refractivity contribution in [1.29, 1.82) is 5.41 Å². The molecule has 6 heteroatoms. The Morgan fingerprint density at radius 2 is 1.52 bits per heavy atom. The van der Waals surface area contributed by atoms with Crippen LogP contribution in [0.5, 0.6) is 17.4 Å². The van der Waals surface area contributed by atoms with Crippen LogP contribution in [0.3, 0.4) is 0 Å². The number of ether oxygens (including phenoxy) is 2. The Hall–Kier alpha value is -3.15. The van der Waals surface area contributed by atoms with E-state index in [0.29, 0.717) is 17.4 Å². The number of nitrogens with one attached hydrogen (secondary N) is 1. The molecule has 0 aliphatic carbocycles. The van der Waals surface area contributed by atoms with Crippen LogP contribution in [0.2, 0.25) is 0 Å². The van der Waals surface area contributed by atoms with Crippen LogP contribution in [0.1, 0.15) is 0 Å². The Morgan fingerprint density at radius 1 is 0.905 bits per heavy atom. The number of benzene rings is 2. The number of nitrogens with zero attached hydrogens (tertiary/aromatic N) is 3. The molecule has 3 aromatic rings. The second-order valence-electron chi connectivity index (χ2n) is 4.14. The Labute approximate surface area is 121 Å². The van der Waals surface area contributed by atoms with Gasteiger partial charge in [0.2, 0.25) is 0 Å². The molecule has 0 fully saturated rings. The van der Waals surface area contributed by atoms with E-state index in [1.165, 1.54) is 10.9 Å². The fourth-order valence-corrected chi connectivity index (χ4v) is 1.65. The highest BCUT2D eigenvalue weighted by Gasteiger charge is 2.08. The molecular weight excluding hydrogens is 268 g/mol. The van der Waals surface area contributed by atoms with Gasteiger partial charge in [0.15, 0.2) is 0 Å². The van der Waals surface area contributed by atoms with E-state index < -0.39 is 0 Å². The van der Waals surface area contributed by atoms with Crippen molar-refractivity contribution in [2.45, 2.75) is 0 Å². The number of hydrogen-bond acceptors (Lipinski definition) is 5. The molecule has 0 unspecified atom stereocenters. The third kappa shape index (κ3) is 3.24. The van der Waals surface area contributed by atoms with Crippen molar-refractivity contribution in [3.8, 4) is 17.4 Å². The molecule has 0 aliphatic rings. The Bertz CT molecular complexity index is 726. The molecule has 0 spiro atoms. The smallest absolute Gasteiger partial charge is 0.317 e. The average Bonchev–Trinajstić information content (AvgIpc) is 2.98. The molecule has 0 bridgehead atoms. The maximum absolute atomic E-state index is 7.84. The fourth-order valence-electron chi connectivity index (χ4n) is 1.65. The quantitative estimate of drug-likeness (QED) is 0.591. The first kappa shape index (κ1) is 12.9. The van der Waals surface area contributed by atoms with E-state index in [-0.39, 0.29) is 6.02 Å². The minimum atomic E-state index is -0.156. The summed E-state index contributed by atoms with van der Waals surface area (Å²) in [4.78, 5) is 0. The molecular formula is C15H12N4O2. The molecule has 1 N–H and O–H groups in total. The van der Waals surface area contributed by atoms with E-state index >= 15 is 0 Å². The van der Waals surface area contributed by atoms with E-state index in [9.17, 15) is 0 Å². The second kappa shape index (κ2) is 5.87. The third-order valence-corrected chi connectivity index (χ3v) is 2.60. The molecule has 1 aromatic heterocycles. The molecule has 21 heavy (non-hydrogen) atoms. The molecule has 3 rings (SSSR count). The number of para-hydroxylation sites is 2. The van der Waals surface area contributed by atoms with Gasteiger partial charge in [0.05, 0.1) is 0 Å². The second-order valence-corrected chi connectivity index (χ2v) is 4.14. The lowest BCUT2D eigenvalue weighted by Gasteiger charge is -2.04. The lowest BCUT2D eigenvalue weighted by molar-refractivity contribution is 0.461. The SMILES string of the molecule is N=C(Oc1ccccc1)n1cc(Oc2ccccc2)nn1. The van der Waals surface area contributed by atoms with Gasteiger partial charge in [-0.15, -0.1) is 0 Å². The molecule has 1 heterocycles. The minimum Gasteiger partial charge on any atom is -0.436 e. The van der Waals surface area contributed by atoms with Crippen LogP contribution in [-0.2, 0) is 0 Å². The highest BCUT2D eigenvalue weighted by atomic mass is 16.5. The van der Waals surface area contributed by atoms with Gasteiger partial charge >= 0.3 is 6.02 Å². The molecule has 0 aliphatic heterocycles. The standard InChI is InChI=1S/C15H12N4O2/c16-15(21-13-9-5-2-6-10-13)19-11-14(17-18-19)20-12-7-3-1-4-8-12/h1-11,16H. The lowest BCUT2D eigenvalue weighted by atomic mass is 10.3. The first-order valence-corrected chi connectivity index (χ1v) is 6.28. The highest BCUT2D eigenvalue weighted by molar-refractivity contribution is 5.74. The summed E-state index contributed by atoms with van der Waals surface area (Å²) in [6.07, 6.45) is 1.48. The summed E-state index contributed by atoms with van der Waals surface area (Å²) >= 11 is 0. The van der Waals surface area contributed by atoms with Crippen LogP contribution < -0.4 is 9.47 Å². The van der Waals surface area contributed by atoms with Gasteiger partial charge in [-0.05, 0) is 24.3 Å². The third-order valence-electron chi connectivity index (χ3n) is 2.60. The van der Waals surface area contributed by atoms with E-state index in [1.807, 2.05) is 48.5 Å². The summed E-state index contributed by atoms with van der Waals surface area (Å²) in [5.74, 6) is 1.51. The summed E-state index contributed by atoms with van der Waals surface area (Å²) < 4.78 is 12.1. The van der Waals surface area contributed by atoms with Crippen molar-refractivity contribution < 1.29 is 9.47 Å². The zero-order valence-electron chi connectivity index (χ0n) is 11.0. The maximum Gasteiger partial charge on any atom is 0.317 e. The lowest BCUT2D eigenvalue weighted by Crippen LogP contribution is -2.18. The number of hydrogen-bond donors (Lipinski definition) is 1. The summed E-state index contributed by atoms with van der Waals surface area (Å²) in [6.45, 7) is 0. The van der Waals surface area contributed by atoms with E-state index in [2.05, 4.69) is 10.3 Å². The minimum absolute atomic E-state index is 0.156. The zero-order chi connectivity index (χ0) is 14.5. The van der Waals surface area contributed by atoms with Gasteiger partial charge in [0, 0.05) is 0 Å². The largest absolute Gasteiger partial charge is 0.436 e. The van der Waals surface area contributed by atoms with Crippen LogP contribution in [0.25, 0.3) is 0 Å². The van der Waals surface area contributed by atoms with Crippen LogP contribution in [0.4, 0.5) is 0 Å². The van der Waals surface area contributed by atoms with Gasteiger partial charge in [-0.25, -0.2) is 5.41 Å². The summed E-state index contributed by atoms with van der Waals surface area (Å²) in [6, 6.07) is 18.1. The molecule has 0 atom stereocenters. The maximum atomic E-state index is 7.84. The van der Waals surface area contributed by atoms with Gasteiger partial charge in [-0.1, -0.05) is 46.7 Å². The van der Waals surface area contributed by atoms with Crippen LogP contribution in [0, 0.1) is 5.41 Å². The molecule has 0 saturated heterocycles. The molecule has 0 radical (unpaired) electrons. The predicted octanol–water partition coefficient (Wildman–Crippen LogP) is 2.93. The first-order chi connectivity index (χ1) is 10.3. The van der Waals surface area contributed by atoms with Gasteiger partial charge in [-0.2, -0.15) is 4.68 Å². The van der Waals surface area contributed by atoms with E-state index in [1.54, 1.807) is 12.1 Å². The van der Waals surface area contributed by atoms with Crippen molar-refractivity contribution in [2.75, 3.05) is 0 Å². The van der Waals surface area contributed by atoms with Crippen LogP contribution >= 0.6 is 0 Å².